The molecule has 0 spiro atoms. The number of allylic oxidation sites excluding steroid dienone is 1. The van der Waals surface area contributed by atoms with Crippen molar-refractivity contribution in [3.63, 3.8) is 0 Å². The molecule has 0 aliphatic heterocycles. The number of rotatable bonds is 9. The highest BCUT2D eigenvalue weighted by Gasteiger charge is 2.15. The summed E-state index contributed by atoms with van der Waals surface area (Å²) in [6.07, 6.45) is 1.79. The van der Waals surface area contributed by atoms with E-state index in [4.69, 9.17) is 4.74 Å². The number of nitrogens with zero attached hydrogens (tertiary/aromatic N) is 3. The number of nitrogens with one attached hydrogen (secondary N) is 1. The Morgan fingerprint density at radius 1 is 1.20 bits per heavy atom. The zero-order valence-corrected chi connectivity index (χ0v) is 18.3. The molecule has 0 unspecified atom stereocenters. The number of thioether (sulfide) groups is 1. The first-order valence-electron chi connectivity index (χ1n) is 9.79. The van der Waals surface area contributed by atoms with Crippen LogP contribution in [0.5, 0.6) is 5.75 Å². The average Bonchev–Trinajstić information content (AvgIpc) is 3.13. The maximum atomic E-state index is 12.5. The van der Waals surface area contributed by atoms with Crippen molar-refractivity contribution in [2.75, 3.05) is 17.7 Å². The second kappa shape index (κ2) is 10.1. The maximum absolute atomic E-state index is 12.5. The first-order valence-corrected chi connectivity index (χ1v) is 10.8. The van der Waals surface area contributed by atoms with E-state index in [0.717, 1.165) is 34.0 Å². The smallest absolute Gasteiger partial charge is 0.234 e. The van der Waals surface area contributed by atoms with Crippen LogP contribution in [0.25, 0.3) is 11.4 Å². The minimum Gasteiger partial charge on any atom is -0.494 e. The van der Waals surface area contributed by atoms with Crippen molar-refractivity contribution in [2.45, 2.75) is 32.5 Å². The van der Waals surface area contributed by atoms with Gasteiger partial charge < -0.3 is 10.1 Å². The highest BCUT2D eigenvalue weighted by Crippen LogP contribution is 2.26. The van der Waals surface area contributed by atoms with Crippen molar-refractivity contribution in [3.8, 4) is 17.1 Å². The third kappa shape index (κ3) is 5.30. The van der Waals surface area contributed by atoms with Crippen LogP contribution < -0.4 is 10.1 Å². The fraction of sp³-hybridized carbons (Fsp3) is 0.261. The normalized spacial score (nSPS) is 10.6. The molecule has 0 aliphatic carbocycles. The molecule has 1 heterocycles. The van der Waals surface area contributed by atoms with Gasteiger partial charge in [0.1, 0.15) is 5.75 Å². The lowest BCUT2D eigenvalue weighted by Gasteiger charge is -2.10. The van der Waals surface area contributed by atoms with Crippen LogP contribution in [0.4, 0.5) is 5.69 Å². The zero-order chi connectivity index (χ0) is 21.5. The lowest BCUT2D eigenvalue weighted by molar-refractivity contribution is -0.113. The summed E-state index contributed by atoms with van der Waals surface area (Å²) in [5.74, 6) is 1.71. The number of carbonyl (C=O) groups excluding carboxylic acids is 1. The third-order valence-electron chi connectivity index (χ3n) is 4.45. The van der Waals surface area contributed by atoms with Gasteiger partial charge in [0.25, 0.3) is 0 Å². The monoisotopic (exact) mass is 422 g/mol. The predicted octanol–water partition coefficient (Wildman–Crippen LogP) is 4.88. The molecule has 0 fully saturated rings. The van der Waals surface area contributed by atoms with E-state index in [0.29, 0.717) is 18.3 Å². The fourth-order valence-electron chi connectivity index (χ4n) is 2.96. The molecule has 1 aromatic heterocycles. The molecule has 7 heteroatoms. The Morgan fingerprint density at radius 3 is 2.67 bits per heavy atom. The van der Waals surface area contributed by atoms with Crippen molar-refractivity contribution >= 4 is 23.4 Å². The van der Waals surface area contributed by atoms with E-state index < -0.39 is 0 Å². The van der Waals surface area contributed by atoms with E-state index in [9.17, 15) is 4.79 Å². The van der Waals surface area contributed by atoms with Gasteiger partial charge in [0, 0.05) is 17.8 Å². The van der Waals surface area contributed by atoms with Gasteiger partial charge in [0.15, 0.2) is 11.0 Å². The van der Waals surface area contributed by atoms with Crippen LogP contribution in [0.2, 0.25) is 0 Å². The van der Waals surface area contributed by atoms with Crippen LogP contribution in [0, 0.1) is 13.8 Å². The molecule has 0 saturated heterocycles. The summed E-state index contributed by atoms with van der Waals surface area (Å²) in [6, 6.07) is 13.7. The lowest BCUT2D eigenvalue weighted by atomic mass is 10.1. The van der Waals surface area contributed by atoms with Crippen LogP contribution in [0.3, 0.4) is 0 Å². The Hall–Kier alpha value is -3.06. The standard InChI is InChI=1S/C23H26N4O2S/c1-5-13-27-22(18-9-11-19(12-10-18)29-6-2)25-26-23(27)30-15-21(28)24-20-14-16(3)7-8-17(20)4/h5,7-12,14H,1,6,13,15H2,2-4H3,(H,24,28). The van der Waals surface area contributed by atoms with Gasteiger partial charge in [0.2, 0.25) is 5.91 Å². The van der Waals surface area contributed by atoms with Crippen molar-refractivity contribution in [1.29, 1.82) is 0 Å². The van der Waals surface area contributed by atoms with E-state index in [-0.39, 0.29) is 11.7 Å². The molecule has 0 saturated carbocycles. The minimum atomic E-state index is -0.0792. The van der Waals surface area contributed by atoms with Gasteiger partial charge in [-0.2, -0.15) is 0 Å². The Morgan fingerprint density at radius 2 is 1.97 bits per heavy atom. The topological polar surface area (TPSA) is 69.0 Å². The Kier molecular flexibility index (Phi) is 7.30. The summed E-state index contributed by atoms with van der Waals surface area (Å²) in [6.45, 7) is 10.9. The summed E-state index contributed by atoms with van der Waals surface area (Å²) in [5, 5.41) is 12.3. The summed E-state index contributed by atoms with van der Waals surface area (Å²) < 4.78 is 7.46. The molecule has 3 aromatic rings. The van der Waals surface area contributed by atoms with Crippen LogP contribution in [-0.4, -0.2) is 33.0 Å². The highest BCUT2D eigenvalue weighted by molar-refractivity contribution is 7.99. The second-order valence-electron chi connectivity index (χ2n) is 6.82. The van der Waals surface area contributed by atoms with E-state index in [1.807, 2.05) is 67.8 Å². The quantitative estimate of drug-likeness (QED) is 0.393. The van der Waals surface area contributed by atoms with E-state index in [1.165, 1.54) is 11.8 Å². The number of amides is 1. The second-order valence-corrected chi connectivity index (χ2v) is 7.76. The molecule has 6 nitrogen and oxygen atoms in total. The van der Waals surface area contributed by atoms with E-state index >= 15 is 0 Å². The molecule has 0 atom stereocenters. The Balaban J connectivity index is 1.72. The molecule has 0 radical (unpaired) electrons. The number of hydrogen-bond acceptors (Lipinski definition) is 5. The minimum absolute atomic E-state index is 0.0792. The van der Waals surface area contributed by atoms with E-state index in [2.05, 4.69) is 22.1 Å². The number of hydrogen-bond donors (Lipinski definition) is 1. The third-order valence-corrected chi connectivity index (χ3v) is 5.42. The molecule has 156 valence electrons. The average molecular weight is 423 g/mol. The Bertz CT molecular complexity index is 1030. The molecular weight excluding hydrogens is 396 g/mol. The molecule has 1 amide bonds. The first-order chi connectivity index (χ1) is 14.5. The van der Waals surface area contributed by atoms with Gasteiger partial charge in [0.05, 0.1) is 12.4 Å². The van der Waals surface area contributed by atoms with Gasteiger partial charge in [-0.3, -0.25) is 9.36 Å². The summed E-state index contributed by atoms with van der Waals surface area (Å²) in [7, 11) is 0. The summed E-state index contributed by atoms with van der Waals surface area (Å²) in [5.41, 5.74) is 3.91. The number of anilines is 1. The fourth-order valence-corrected chi connectivity index (χ4v) is 3.70. The number of aromatic nitrogens is 3. The molecule has 1 N–H and O–H groups in total. The number of ether oxygens (including phenoxy) is 1. The largest absolute Gasteiger partial charge is 0.494 e. The molecule has 30 heavy (non-hydrogen) atoms. The van der Waals surface area contributed by atoms with Gasteiger partial charge in [-0.05, 0) is 62.2 Å². The van der Waals surface area contributed by atoms with E-state index in [1.54, 1.807) is 6.08 Å². The van der Waals surface area contributed by atoms with Gasteiger partial charge in [-0.15, -0.1) is 16.8 Å². The lowest BCUT2D eigenvalue weighted by Crippen LogP contribution is -2.15. The molecule has 3 rings (SSSR count). The molecule has 0 aliphatic rings. The molecule has 2 aromatic carbocycles. The van der Waals surface area contributed by atoms with Crippen LogP contribution in [0.15, 0.2) is 60.3 Å². The van der Waals surface area contributed by atoms with Gasteiger partial charge in [-0.25, -0.2) is 0 Å². The molecule has 0 bridgehead atoms. The van der Waals surface area contributed by atoms with Crippen molar-refractivity contribution < 1.29 is 9.53 Å². The van der Waals surface area contributed by atoms with Crippen LogP contribution >= 0.6 is 11.8 Å². The summed E-state index contributed by atoms with van der Waals surface area (Å²) in [4.78, 5) is 12.5. The zero-order valence-electron chi connectivity index (χ0n) is 17.5. The van der Waals surface area contributed by atoms with Gasteiger partial charge >= 0.3 is 0 Å². The SMILES string of the molecule is C=CCn1c(SCC(=O)Nc2cc(C)ccc2C)nnc1-c1ccc(OCC)cc1. The van der Waals surface area contributed by atoms with Crippen molar-refractivity contribution in [1.82, 2.24) is 14.8 Å². The van der Waals surface area contributed by atoms with Crippen molar-refractivity contribution in [2.24, 2.45) is 0 Å². The summed E-state index contributed by atoms with van der Waals surface area (Å²) >= 11 is 1.36. The highest BCUT2D eigenvalue weighted by atomic mass is 32.2. The van der Waals surface area contributed by atoms with Crippen LogP contribution in [-0.2, 0) is 11.3 Å². The number of aryl methyl sites for hydroxylation is 2. The predicted molar refractivity (Wildman–Crippen MR) is 122 cm³/mol. The van der Waals surface area contributed by atoms with Gasteiger partial charge in [-0.1, -0.05) is 30.0 Å². The number of carbonyl (C=O) groups is 1. The van der Waals surface area contributed by atoms with Crippen molar-refractivity contribution in [3.05, 3.63) is 66.2 Å². The Labute approximate surface area is 181 Å². The number of benzene rings is 2. The molecular formula is C23H26N4O2S. The first kappa shape index (κ1) is 21.6. The van der Waals surface area contributed by atoms with Crippen LogP contribution in [0.1, 0.15) is 18.1 Å². The maximum Gasteiger partial charge on any atom is 0.234 e.